The first-order chi connectivity index (χ1) is 10.5. The third-order valence-electron chi connectivity index (χ3n) is 3.18. The molecule has 4 nitrogen and oxygen atoms in total. The summed E-state index contributed by atoms with van der Waals surface area (Å²) in [6.07, 6.45) is -1.77. The first-order valence-corrected chi connectivity index (χ1v) is 6.42. The molecular weight excluding hydrogens is 295 g/mol. The number of carbonyl (C=O) groups excluding carboxylic acids is 1. The minimum absolute atomic E-state index is 0.316. The van der Waals surface area contributed by atoms with Crippen molar-refractivity contribution in [2.45, 2.75) is 12.6 Å². The van der Waals surface area contributed by atoms with Crippen LogP contribution in [0.15, 0.2) is 42.6 Å². The van der Waals surface area contributed by atoms with Crippen LogP contribution >= 0.6 is 0 Å². The van der Waals surface area contributed by atoms with Crippen LogP contribution in [0.1, 0.15) is 27.3 Å². The number of pyridine rings is 1. The smallest absolute Gasteiger partial charge is 0.298 e. The van der Waals surface area contributed by atoms with Gasteiger partial charge in [-0.25, -0.2) is 9.50 Å². The second-order valence-corrected chi connectivity index (χ2v) is 4.78. The summed E-state index contributed by atoms with van der Waals surface area (Å²) < 4.78 is 39.0. The van der Waals surface area contributed by atoms with Gasteiger partial charge in [0.1, 0.15) is 0 Å². The molecule has 0 bridgehead atoms. The van der Waals surface area contributed by atoms with Crippen molar-refractivity contribution in [2.24, 2.45) is 0 Å². The molecule has 1 aromatic carbocycles. The maximum Gasteiger partial charge on any atom is 0.416 e. The van der Waals surface area contributed by atoms with E-state index in [1.165, 1.54) is 16.6 Å². The van der Waals surface area contributed by atoms with Gasteiger partial charge in [-0.3, -0.25) is 4.79 Å². The van der Waals surface area contributed by atoms with Crippen LogP contribution in [-0.4, -0.2) is 20.9 Å². The van der Waals surface area contributed by atoms with Crippen molar-refractivity contribution < 1.29 is 18.0 Å². The Morgan fingerprint density at radius 3 is 2.45 bits per heavy atom. The Labute approximate surface area is 123 Å². The Morgan fingerprint density at radius 2 is 1.82 bits per heavy atom. The summed E-state index contributed by atoms with van der Waals surface area (Å²) in [6, 6.07) is 8.17. The molecule has 2 aromatic heterocycles. The standard InChI is InChI=1S/C15H10F3N3O/c16-15(17,18)12-4-1-10(2-5-12)7-13-19-14-6-3-11(9-22)8-21(14)20-13/h1-6,8-9H,7H2. The Balaban J connectivity index is 1.85. The number of carbonyl (C=O) groups is 1. The van der Waals surface area contributed by atoms with Crippen LogP contribution in [0, 0.1) is 0 Å². The summed E-state index contributed by atoms with van der Waals surface area (Å²) in [5.41, 5.74) is 1.04. The Kier molecular flexibility index (Phi) is 3.40. The van der Waals surface area contributed by atoms with Crippen LogP contribution < -0.4 is 0 Å². The largest absolute Gasteiger partial charge is 0.416 e. The highest BCUT2D eigenvalue weighted by atomic mass is 19.4. The molecule has 0 spiro atoms. The summed E-state index contributed by atoms with van der Waals surface area (Å²) in [7, 11) is 0. The predicted octanol–water partition coefficient (Wildman–Crippen LogP) is 3.15. The second-order valence-electron chi connectivity index (χ2n) is 4.78. The van der Waals surface area contributed by atoms with Crippen LogP contribution in [0.5, 0.6) is 0 Å². The van der Waals surface area contributed by atoms with E-state index in [0.717, 1.165) is 12.1 Å². The molecule has 0 radical (unpaired) electrons. The van der Waals surface area contributed by atoms with Gasteiger partial charge in [-0.2, -0.15) is 18.3 Å². The van der Waals surface area contributed by atoms with Gasteiger partial charge in [0, 0.05) is 18.2 Å². The molecule has 0 N–H and O–H groups in total. The van der Waals surface area contributed by atoms with Gasteiger partial charge in [0.2, 0.25) is 0 Å². The summed E-state index contributed by atoms with van der Waals surface area (Å²) in [5, 5.41) is 4.21. The lowest BCUT2D eigenvalue weighted by atomic mass is 10.1. The normalized spacial score (nSPS) is 11.8. The van der Waals surface area contributed by atoms with Crippen LogP contribution in [0.4, 0.5) is 13.2 Å². The fourth-order valence-corrected chi connectivity index (χ4v) is 2.08. The number of hydrogen-bond donors (Lipinski definition) is 0. The van der Waals surface area contributed by atoms with E-state index in [9.17, 15) is 18.0 Å². The summed E-state index contributed by atoms with van der Waals surface area (Å²) in [6.45, 7) is 0. The molecule has 112 valence electrons. The molecule has 0 saturated carbocycles. The van der Waals surface area contributed by atoms with Gasteiger partial charge >= 0.3 is 6.18 Å². The number of fused-ring (bicyclic) bond motifs is 1. The highest BCUT2D eigenvalue weighted by molar-refractivity contribution is 5.74. The molecule has 0 unspecified atom stereocenters. The number of hydrogen-bond acceptors (Lipinski definition) is 3. The summed E-state index contributed by atoms with van der Waals surface area (Å²) in [5.74, 6) is 0.475. The Bertz CT molecular complexity index is 822. The monoisotopic (exact) mass is 305 g/mol. The molecule has 0 aliphatic rings. The van der Waals surface area contributed by atoms with E-state index in [-0.39, 0.29) is 0 Å². The molecule has 0 atom stereocenters. The molecule has 0 saturated heterocycles. The predicted molar refractivity (Wildman–Crippen MR) is 72.6 cm³/mol. The van der Waals surface area contributed by atoms with Gasteiger partial charge < -0.3 is 0 Å². The SMILES string of the molecule is O=Cc1ccc2nc(Cc3ccc(C(F)(F)F)cc3)nn2c1. The van der Waals surface area contributed by atoms with Gasteiger partial charge in [0.05, 0.1) is 5.56 Å². The summed E-state index contributed by atoms with van der Waals surface area (Å²) in [4.78, 5) is 15.0. The van der Waals surface area contributed by atoms with Crippen LogP contribution in [-0.2, 0) is 12.6 Å². The third-order valence-corrected chi connectivity index (χ3v) is 3.18. The van der Waals surface area contributed by atoms with E-state index in [1.54, 1.807) is 18.3 Å². The zero-order chi connectivity index (χ0) is 15.7. The first kappa shape index (κ1) is 14.2. The number of rotatable bonds is 3. The van der Waals surface area contributed by atoms with Gasteiger partial charge in [-0.1, -0.05) is 12.1 Å². The van der Waals surface area contributed by atoms with Gasteiger partial charge in [0.25, 0.3) is 0 Å². The van der Waals surface area contributed by atoms with Gasteiger partial charge in [0.15, 0.2) is 17.8 Å². The van der Waals surface area contributed by atoms with Crippen LogP contribution in [0.2, 0.25) is 0 Å². The fraction of sp³-hybridized carbons (Fsp3) is 0.133. The number of benzene rings is 1. The lowest BCUT2D eigenvalue weighted by Gasteiger charge is -2.06. The molecule has 3 aromatic rings. The van der Waals surface area contributed by atoms with Crippen molar-refractivity contribution in [3.05, 3.63) is 65.1 Å². The van der Waals surface area contributed by atoms with Crippen molar-refractivity contribution >= 4 is 11.9 Å². The van der Waals surface area contributed by atoms with Crippen molar-refractivity contribution in [3.8, 4) is 0 Å². The molecular formula is C15H10F3N3O. The maximum atomic E-state index is 12.5. The lowest BCUT2D eigenvalue weighted by molar-refractivity contribution is -0.137. The minimum atomic E-state index is -4.34. The van der Waals surface area contributed by atoms with Crippen molar-refractivity contribution in [1.29, 1.82) is 0 Å². The van der Waals surface area contributed by atoms with E-state index in [0.29, 0.717) is 35.3 Å². The molecule has 0 aliphatic heterocycles. The molecule has 2 heterocycles. The quantitative estimate of drug-likeness (QED) is 0.698. The number of nitrogens with zero attached hydrogens (tertiary/aromatic N) is 3. The van der Waals surface area contributed by atoms with E-state index < -0.39 is 11.7 Å². The summed E-state index contributed by atoms with van der Waals surface area (Å²) >= 11 is 0. The maximum absolute atomic E-state index is 12.5. The van der Waals surface area contributed by atoms with Crippen molar-refractivity contribution in [1.82, 2.24) is 14.6 Å². The minimum Gasteiger partial charge on any atom is -0.298 e. The first-order valence-electron chi connectivity index (χ1n) is 6.42. The molecule has 22 heavy (non-hydrogen) atoms. The van der Waals surface area contributed by atoms with Crippen LogP contribution in [0.25, 0.3) is 5.65 Å². The zero-order valence-electron chi connectivity index (χ0n) is 11.2. The van der Waals surface area contributed by atoms with E-state index in [2.05, 4.69) is 10.1 Å². The molecule has 0 amide bonds. The number of aromatic nitrogens is 3. The lowest BCUT2D eigenvalue weighted by Crippen LogP contribution is -2.04. The zero-order valence-corrected chi connectivity index (χ0v) is 11.2. The van der Waals surface area contributed by atoms with E-state index >= 15 is 0 Å². The average molecular weight is 305 g/mol. The van der Waals surface area contributed by atoms with Crippen molar-refractivity contribution in [2.75, 3.05) is 0 Å². The second kappa shape index (κ2) is 5.25. The topological polar surface area (TPSA) is 47.3 Å². The average Bonchev–Trinajstić information content (AvgIpc) is 2.88. The Hall–Kier alpha value is -2.70. The number of aldehydes is 1. The van der Waals surface area contributed by atoms with Crippen LogP contribution in [0.3, 0.4) is 0 Å². The molecule has 0 aliphatic carbocycles. The van der Waals surface area contributed by atoms with E-state index in [1.807, 2.05) is 0 Å². The highest BCUT2D eigenvalue weighted by Crippen LogP contribution is 2.29. The van der Waals surface area contributed by atoms with Gasteiger partial charge in [-0.05, 0) is 29.8 Å². The fourth-order valence-electron chi connectivity index (χ4n) is 2.08. The Morgan fingerprint density at radius 1 is 1.09 bits per heavy atom. The van der Waals surface area contributed by atoms with Crippen molar-refractivity contribution in [3.63, 3.8) is 0 Å². The molecule has 7 heteroatoms. The molecule has 3 rings (SSSR count). The number of halogens is 3. The number of alkyl halides is 3. The van der Waals surface area contributed by atoms with E-state index in [4.69, 9.17) is 0 Å². The van der Waals surface area contributed by atoms with Gasteiger partial charge in [-0.15, -0.1) is 0 Å². The highest BCUT2D eigenvalue weighted by Gasteiger charge is 2.29. The third kappa shape index (κ3) is 2.83. The molecule has 0 fully saturated rings.